The molecule has 2 aromatic carbocycles. The molecule has 2 aliphatic heterocycles. The molecule has 0 spiro atoms. The quantitative estimate of drug-likeness (QED) is 0.671. The van der Waals surface area contributed by atoms with Gasteiger partial charge in [0.15, 0.2) is 0 Å². The van der Waals surface area contributed by atoms with E-state index in [4.69, 9.17) is 10.7 Å². The van der Waals surface area contributed by atoms with Crippen molar-refractivity contribution in [3.8, 4) is 11.4 Å². The molecule has 5 heteroatoms. The van der Waals surface area contributed by atoms with Crippen molar-refractivity contribution in [1.82, 2.24) is 9.55 Å². The molecular weight excluding hydrogens is 358 g/mol. The van der Waals surface area contributed by atoms with Gasteiger partial charge in [-0.15, -0.1) is 0 Å². The van der Waals surface area contributed by atoms with Crippen LogP contribution in [0, 0.1) is 0 Å². The molecule has 5 rings (SSSR count). The van der Waals surface area contributed by atoms with E-state index in [2.05, 4.69) is 56.8 Å². The van der Waals surface area contributed by atoms with Crippen LogP contribution in [0.4, 0.5) is 17.1 Å². The molecule has 150 valence electrons. The maximum atomic E-state index is 6.19. The summed E-state index contributed by atoms with van der Waals surface area (Å²) < 4.78 is 2.40. The lowest BCUT2D eigenvalue weighted by Crippen LogP contribution is -2.33. The van der Waals surface area contributed by atoms with Gasteiger partial charge >= 0.3 is 0 Å². The summed E-state index contributed by atoms with van der Waals surface area (Å²) in [6.07, 6.45) is 7.19. The first kappa shape index (κ1) is 18.1. The minimum atomic E-state index is 0.827. The fraction of sp³-hybridized carbons (Fsp3) is 0.375. The Kier molecular flexibility index (Phi) is 4.88. The summed E-state index contributed by atoms with van der Waals surface area (Å²) in [6, 6.07) is 17.0. The van der Waals surface area contributed by atoms with E-state index >= 15 is 0 Å². The van der Waals surface area contributed by atoms with Crippen molar-refractivity contribution in [2.75, 3.05) is 35.2 Å². The minimum Gasteiger partial charge on any atom is -0.399 e. The molecule has 1 aromatic heterocycles. The zero-order valence-electron chi connectivity index (χ0n) is 16.9. The van der Waals surface area contributed by atoms with E-state index in [0.717, 1.165) is 44.2 Å². The highest BCUT2D eigenvalue weighted by molar-refractivity contribution is 5.78. The first-order chi connectivity index (χ1) is 14.3. The van der Waals surface area contributed by atoms with E-state index in [-0.39, 0.29) is 0 Å². The number of anilines is 3. The molecule has 0 bridgehead atoms. The summed E-state index contributed by atoms with van der Waals surface area (Å²) in [5.74, 6) is 1.08. The summed E-state index contributed by atoms with van der Waals surface area (Å²) in [7, 11) is 0. The lowest BCUT2D eigenvalue weighted by atomic mass is 10.1. The third-order valence-corrected chi connectivity index (χ3v) is 6.22. The van der Waals surface area contributed by atoms with Crippen LogP contribution in [-0.4, -0.2) is 29.2 Å². The van der Waals surface area contributed by atoms with Gasteiger partial charge in [0.25, 0.3) is 0 Å². The van der Waals surface area contributed by atoms with Crippen molar-refractivity contribution in [1.29, 1.82) is 0 Å². The Morgan fingerprint density at radius 3 is 2.38 bits per heavy atom. The smallest absolute Gasteiger partial charge is 0.142 e. The van der Waals surface area contributed by atoms with E-state index in [9.17, 15) is 0 Å². The number of hydrogen-bond donors (Lipinski definition) is 1. The van der Waals surface area contributed by atoms with Crippen molar-refractivity contribution in [3.63, 3.8) is 0 Å². The van der Waals surface area contributed by atoms with Crippen molar-refractivity contribution in [3.05, 3.63) is 60.4 Å². The molecule has 0 aliphatic carbocycles. The van der Waals surface area contributed by atoms with Gasteiger partial charge in [0.1, 0.15) is 5.82 Å². The largest absolute Gasteiger partial charge is 0.399 e. The number of nitrogens with two attached hydrogens (primary N) is 1. The average molecular weight is 388 g/mol. The van der Waals surface area contributed by atoms with E-state index in [1.54, 1.807) is 0 Å². The van der Waals surface area contributed by atoms with Crippen LogP contribution < -0.4 is 15.5 Å². The van der Waals surface area contributed by atoms with Crippen molar-refractivity contribution in [2.45, 2.75) is 38.8 Å². The van der Waals surface area contributed by atoms with E-state index < -0.39 is 0 Å². The van der Waals surface area contributed by atoms with Gasteiger partial charge in [-0.2, -0.15) is 0 Å². The van der Waals surface area contributed by atoms with Gasteiger partial charge < -0.3 is 20.1 Å². The van der Waals surface area contributed by atoms with Gasteiger partial charge in [0, 0.05) is 48.8 Å². The fourth-order valence-corrected chi connectivity index (χ4v) is 4.67. The van der Waals surface area contributed by atoms with Crippen LogP contribution >= 0.6 is 0 Å². The molecule has 0 radical (unpaired) electrons. The first-order valence-corrected chi connectivity index (χ1v) is 10.8. The number of imidazole rings is 1. The summed E-state index contributed by atoms with van der Waals surface area (Å²) in [5.41, 5.74) is 12.0. The molecule has 0 amide bonds. The summed E-state index contributed by atoms with van der Waals surface area (Å²) >= 11 is 0. The van der Waals surface area contributed by atoms with Crippen LogP contribution in [0.2, 0.25) is 0 Å². The van der Waals surface area contributed by atoms with E-state index in [0.29, 0.717) is 0 Å². The lowest BCUT2D eigenvalue weighted by molar-refractivity contribution is 0.576. The molecule has 29 heavy (non-hydrogen) atoms. The Morgan fingerprint density at radius 2 is 1.59 bits per heavy atom. The topological polar surface area (TPSA) is 50.3 Å². The van der Waals surface area contributed by atoms with Crippen LogP contribution in [0.15, 0.2) is 54.7 Å². The van der Waals surface area contributed by atoms with Gasteiger partial charge in [-0.1, -0.05) is 31.0 Å². The zero-order valence-corrected chi connectivity index (χ0v) is 16.9. The number of nitrogen functional groups attached to an aromatic ring is 1. The molecular formula is C24H29N5. The van der Waals surface area contributed by atoms with Crippen LogP contribution in [0.3, 0.4) is 0 Å². The molecule has 0 atom stereocenters. The van der Waals surface area contributed by atoms with Gasteiger partial charge in [-0.05, 0) is 43.2 Å². The highest BCUT2D eigenvalue weighted by Crippen LogP contribution is 2.35. The Morgan fingerprint density at radius 1 is 0.793 bits per heavy atom. The van der Waals surface area contributed by atoms with E-state index in [1.807, 2.05) is 12.3 Å². The molecule has 1 saturated heterocycles. The third-order valence-electron chi connectivity index (χ3n) is 6.22. The predicted molar refractivity (Wildman–Crippen MR) is 120 cm³/mol. The van der Waals surface area contributed by atoms with Crippen LogP contribution in [-0.2, 0) is 13.1 Å². The predicted octanol–water partition coefficient (Wildman–Crippen LogP) is 4.53. The Balaban J connectivity index is 1.48. The van der Waals surface area contributed by atoms with Crippen molar-refractivity contribution in [2.24, 2.45) is 0 Å². The van der Waals surface area contributed by atoms with Gasteiger partial charge in [-0.25, -0.2) is 4.98 Å². The average Bonchev–Trinajstić information content (AvgIpc) is 2.99. The molecule has 0 saturated carbocycles. The maximum absolute atomic E-state index is 6.19. The molecule has 3 heterocycles. The van der Waals surface area contributed by atoms with Crippen LogP contribution in [0.1, 0.15) is 31.4 Å². The normalized spacial score (nSPS) is 17.1. The third kappa shape index (κ3) is 3.57. The van der Waals surface area contributed by atoms with Gasteiger partial charge in [0.2, 0.25) is 0 Å². The molecule has 2 N–H and O–H groups in total. The standard InChI is InChI=1S/C24H29N5/c25-19-10-11-22(23(16-19)27-12-6-1-2-7-13-27)24-26-17-21-18-28(14-15-29(21)24)20-8-4-3-5-9-20/h3-5,8-11,16-17H,1-2,6-7,12-15,18,25H2. The number of hydrogen-bond acceptors (Lipinski definition) is 4. The highest BCUT2D eigenvalue weighted by Gasteiger charge is 2.23. The summed E-state index contributed by atoms with van der Waals surface area (Å²) in [5, 5.41) is 0. The molecule has 1 fully saturated rings. The molecule has 3 aromatic rings. The number of fused-ring (bicyclic) bond motifs is 1. The highest BCUT2D eigenvalue weighted by atomic mass is 15.2. The summed E-state index contributed by atoms with van der Waals surface area (Å²) in [4.78, 5) is 9.82. The summed E-state index contributed by atoms with van der Waals surface area (Å²) in [6.45, 7) is 5.04. The van der Waals surface area contributed by atoms with Crippen molar-refractivity contribution < 1.29 is 0 Å². The maximum Gasteiger partial charge on any atom is 0.142 e. The van der Waals surface area contributed by atoms with Gasteiger partial charge in [-0.3, -0.25) is 0 Å². The zero-order chi connectivity index (χ0) is 19.6. The Bertz CT molecular complexity index is 970. The van der Waals surface area contributed by atoms with Crippen LogP contribution in [0.25, 0.3) is 11.4 Å². The molecule has 5 nitrogen and oxygen atoms in total. The number of nitrogens with zero attached hydrogens (tertiary/aromatic N) is 4. The van der Waals surface area contributed by atoms with Gasteiger partial charge in [0.05, 0.1) is 18.4 Å². The van der Waals surface area contributed by atoms with E-state index in [1.165, 1.54) is 48.3 Å². The number of aromatic nitrogens is 2. The fourth-order valence-electron chi connectivity index (χ4n) is 4.67. The monoisotopic (exact) mass is 387 g/mol. The van der Waals surface area contributed by atoms with Crippen molar-refractivity contribution >= 4 is 17.1 Å². The van der Waals surface area contributed by atoms with Crippen LogP contribution in [0.5, 0.6) is 0 Å². The Hall–Kier alpha value is -2.95. The SMILES string of the molecule is Nc1ccc(-c2ncc3n2CCN(c2ccccc2)C3)c(N2CCCCCC2)c1. The second-order valence-corrected chi connectivity index (χ2v) is 8.16. The Labute approximate surface area is 172 Å². The lowest BCUT2D eigenvalue weighted by Gasteiger charge is -2.31. The minimum absolute atomic E-state index is 0.827. The second-order valence-electron chi connectivity index (χ2n) is 8.16. The first-order valence-electron chi connectivity index (χ1n) is 10.8. The number of rotatable bonds is 3. The second kappa shape index (κ2) is 7.82. The number of para-hydroxylation sites is 1. The number of benzene rings is 2. The molecule has 0 unspecified atom stereocenters. The molecule has 2 aliphatic rings.